The Hall–Kier alpha value is -3.35. The number of hydrogen-bond donors (Lipinski definition) is 2. The van der Waals surface area contributed by atoms with Gasteiger partial charge in [0, 0.05) is 12.1 Å². The monoisotopic (exact) mass is 313 g/mol. The number of benzene rings is 2. The molecule has 0 saturated heterocycles. The third-order valence-electron chi connectivity index (χ3n) is 3.55. The average Bonchev–Trinajstić information content (AvgIpc) is 2.78. The maximum absolute atomic E-state index is 12.5. The van der Waals surface area contributed by atoms with Crippen LogP contribution in [0.5, 0.6) is 11.5 Å². The zero-order valence-electron chi connectivity index (χ0n) is 11.9. The van der Waals surface area contributed by atoms with Crippen molar-refractivity contribution in [2.45, 2.75) is 0 Å². The van der Waals surface area contributed by atoms with Gasteiger partial charge in [-0.2, -0.15) is 0 Å². The van der Waals surface area contributed by atoms with Gasteiger partial charge >= 0.3 is 5.97 Å². The van der Waals surface area contributed by atoms with Crippen molar-refractivity contribution < 1.29 is 29.3 Å². The van der Waals surface area contributed by atoms with E-state index < -0.39 is 29.1 Å². The molecule has 1 aliphatic heterocycles. The van der Waals surface area contributed by atoms with Crippen molar-refractivity contribution in [3.05, 3.63) is 53.1 Å². The number of phenols is 1. The summed E-state index contributed by atoms with van der Waals surface area (Å²) in [5, 5.41) is 19.2. The number of rotatable bonds is 3. The minimum atomic E-state index is -1.46. The van der Waals surface area contributed by atoms with Crippen molar-refractivity contribution in [3.8, 4) is 11.5 Å². The van der Waals surface area contributed by atoms with Crippen LogP contribution in [0.4, 0.5) is 5.69 Å². The molecule has 3 rings (SSSR count). The molecule has 0 aliphatic carbocycles. The summed E-state index contributed by atoms with van der Waals surface area (Å²) in [5.41, 5.74) is -0.423. The van der Waals surface area contributed by atoms with Crippen molar-refractivity contribution in [2.75, 3.05) is 12.0 Å². The molecule has 0 unspecified atom stereocenters. The van der Waals surface area contributed by atoms with E-state index >= 15 is 0 Å². The van der Waals surface area contributed by atoms with Crippen molar-refractivity contribution in [1.29, 1.82) is 0 Å². The maximum atomic E-state index is 12.5. The summed E-state index contributed by atoms with van der Waals surface area (Å²) in [6, 6.07) is 8.51. The molecule has 7 heteroatoms. The number of carboxylic acid groups (broad SMARTS) is 1. The molecule has 0 bridgehead atoms. The smallest absolute Gasteiger partial charge is 0.341 e. The van der Waals surface area contributed by atoms with Gasteiger partial charge in [-0.1, -0.05) is 12.1 Å². The molecule has 1 heterocycles. The van der Waals surface area contributed by atoms with E-state index in [0.717, 1.165) is 11.0 Å². The second-order valence-corrected chi connectivity index (χ2v) is 4.84. The first-order valence-electron chi connectivity index (χ1n) is 6.57. The molecule has 0 aromatic heterocycles. The zero-order valence-corrected chi connectivity index (χ0v) is 11.9. The second kappa shape index (κ2) is 5.13. The number of aromatic carboxylic acids is 1. The number of methoxy groups -OCH3 is 1. The molecular weight excluding hydrogens is 302 g/mol. The van der Waals surface area contributed by atoms with Gasteiger partial charge in [-0.15, -0.1) is 0 Å². The minimum Gasteiger partial charge on any atom is -0.507 e. The van der Waals surface area contributed by atoms with Gasteiger partial charge in [0.25, 0.3) is 11.8 Å². The number of carboxylic acids is 1. The summed E-state index contributed by atoms with van der Waals surface area (Å²) in [6.07, 6.45) is 0. The quantitative estimate of drug-likeness (QED) is 0.839. The van der Waals surface area contributed by atoms with Crippen molar-refractivity contribution in [1.82, 2.24) is 0 Å². The predicted molar refractivity (Wildman–Crippen MR) is 79.2 cm³/mol. The number of fused-ring (bicyclic) bond motifs is 1. The van der Waals surface area contributed by atoms with E-state index in [2.05, 4.69) is 0 Å². The van der Waals surface area contributed by atoms with Gasteiger partial charge in [0.1, 0.15) is 17.1 Å². The Labute approximate surface area is 130 Å². The van der Waals surface area contributed by atoms with E-state index in [9.17, 15) is 24.6 Å². The van der Waals surface area contributed by atoms with Gasteiger partial charge in [-0.3, -0.25) is 9.59 Å². The first kappa shape index (κ1) is 14.6. The molecule has 2 amide bonds. The van der Waals surface area contributed by atoms with Crippen LogP contribution in [0.3, 0.4) is 0 Å². The van der Waals surface area contributed by atoms with Gasteiger partial charge < -0.3 is 14.9 Å². The van der Waals surface area contributed by atoms with Crippen LogP contribution in [0.1, 0.15) is 31.1 Å². The minimum absolute atomic E-state index is 0.124. The largest absolute Gasteiger partial charge is 0.507 e. The highest BCUT2D eigenvalue weighted by atomic mass is 16.5. The van der Waals surface area contributed by atoms with Crippen LogP contribution in [0, 0.1) is 0 Å². The number of imide groups is 1. The number of hydrogen-bond acceptors (Lipinski definition) is 5. The molecule has 1 aliphatic rings. The molecule has 0 radical (unpaired) electrons. The lowest BCUT2D eigenvalue weighted by Crippen LogP contribution is -2.31. The molecule has 2 aromatic rings. The molecule has 0 atom stereocenters. The van der Waals surface area contributed by atoms with Crippen LogP contribution in [-0.4, -0.2) is 35.1 Å². The van der Waals surface area contributed by atoms with E-state index in [1.807, 2.05) is 0 Å². The third-order valence-corrected chi connectivity index (χ3v) is 3.55. The molecule has 23 heavy (non-hydrogen) atoms. The Balaban J connectivity index is 2.24. The van der Waals surface area contributed by atoms with Gasteiger partial charge in [0.15, 0.2) is 0 Å². The van der Waals surface area contributed by atoms with Gasteiger partial charge in [0.2, 0.25) is 0 Å². The van der Waals surface area contributed by atoms with Crippen LogP contribution in [-0.2, 0) is 0 Å². The summed E-state index contributed by atoms with van der Waals surface area (Å²) in [5.74, 6) is -3.24. The summed E-state index contributed by atoms with van der Waals surface area (Å²) >= 11 is 0. The summed E-state index contributed by atoms with van der Waals surface area (Å²) in [6.45, 7) is 0. The lowest BCUT2D eigenvalue weighted by molar-refractivity contribution is 0.0694. The maximum Gasteiger partial charge on any atom is 0.341 e. The Kier molecular flexibility index (Phi) is 3.25. The number of aromatic hydroxyl groups is 1. The van der Waals surface area contributed by atoms with Crippen molar-refractivity contribution in [3.63, 3.8) is 0 Å². The van der Waals surface area contributed by atoms with E-state index in [1.165, 1.54) is 25.3 Å². The normalized spacial score (nSPS) is 13.2. The van der Waals surface area contributed by atoms with Crippen LogP contribution in [0.2, 0.25) is 0 Å². The molecule has 116 valence electrons. The Morgan fingerprint density at radius 1 is 1.09 bits per heavy atom. The number of ether oxygens (including phenoxy) is 1. The zero-order chi connectivity index (χ0) is 16.7. The lowest BCUT2D eigenvalue weighted by atomic mass is 10.1. The highest BCUT2D eigenvalue weighted by molar-refractivity contribution is 6.35. The van der Waals surface area contributed by atoms with E-state index in [1.54, 1.807) is 12.1 Å². The number of carbonyl (C=O) groups excluding carboxylic acids is 2. The first-order valence-corrected chi connectivity index (χ1v) is 6.57. The van der Waals surface area contributed by atoms with Crippen molar-refractivity contribution in [2.24, 2.45) is 0 Å². The molecule has 7 nitrogen and oxygen atoms in total. The van der Waals surface area contributed by atoms with Crippen LogP contribution < -0.4 is 9.64 Å². The highest BCUT2D eigenvalue weighted by Gasteiger charge is 2.39. The summed E-state index contributed by atoms with van der Waals surface area (Å²) in [7, 11) is 1.32. The Morgan fingerprint density at radius 3 is 2.13 bits per heavy atom. The SMILES string of the molecule is COc1cc(O)c(C(=O)O)c(N2C(=O)c3ccccc3C2=O)c1. The van der Waals surface area contributed by atoms with E-state index in [0.29, 0.717) is 0 Å². The summed E-state index contributed by atoms with van der Waals surface area (Å²) in [4.78, 5) is 37.1. The average molecular weight is 313 g/mol. The topological polar surface area (TPSA) is 104 Å². The predicted octanol–water partition coefficient (Wildman–Crippen LogP) is 1.90. The van der Waals surface area contributed by atoms with Gasteiger partial charge in [-0.25, -0.2) is 9.69 Å². The molecule has 2 aromatic carbocycles. The molecule has 0 fully saturated rings. The van der Waals surface area contributed by atoms with E-state index in [-0.39, 0.29) is 22.6 Å². The number of nitrogens with zero attached hydrogens (tertiary/aromatic N) is 1. The fourth-order valence-electron chi connectivity index (χ4n) is 2.51. The fraction of sp³-hybridized carbons (Fsp3) is 0.0625. The number of carbonyl (C=O) groups is 3. The standard InChI is InChI=1S/C16H11NO6/c1-23-8-6-11(13(16(21)22)12(18)7-8)17-14(19)9-4-2-3-5-10(9)15(17)20/h2-7,18H,1H3,(H,21,22). The van der Waals surface area contributed by atoms with Crippen LogP contribution in [0.15, 0.2) is 36.4 Å². The number of amides is 2. The lowest BCUT2D eigenvalue weighted by Gasteiger charge is -2.18. The second-order valence-electron chi connectivity index (χ2n) is 4.84. The van der Waals surface area contributed by atoms with Gasteiger partial charge in [0.05, 0.1) is 23.9 Å². The highest BCUT2D eigenvalue weighted by Crippen LogP contribution is 2.37. The first-order chi connectivity index (χ1) is 11.0. The third kappa shape index (κ3) is 2.10. The fourth-order valence-corrected chi connectivity index (χ4v) is 2.51. The Morgan fingerprint density at radius 2 is 1.65 bits per heavy atom. The number of anilines is 1. The molecule has 2 N–H and O–H groups in total. The Bertz CT molecular complexity index is 823. The summed E-state index contributed by atoms with van der Waals surface area (Å²) < 4.78 is 4.98. The van der Waals surface area contributed by atoms with Crippen molar-refractivity contribution >= 4 is 23.5 Å². The molecule has 0 spiro atoms. The van der Waals surface area contributed by atoms with Crippen LogP contribution in [0.25, 0.3) is 0 Å². The van der Waals surface area contributed by atoms with E-state index in [4.69, 9.17) is 4.74 Å². The van der Waals surface area contributed by atoms with Crippen LogP contribution >= 0.6 is 0 Å². The molecular formula is C16H11NO6. The van der Waals surface area contributed by atoms with Gasteiger partial charge in [-0.05, 0) is 12.1 Å². The molecule has 0 saturated carbocycles.